The molecule has 4 aromatic rings. The molecule has 1 amide bonds. The summed E-state index contributed by atoms with van der Waals surface area (Å²) in [5, 5.41) is 10.2. The first-order valence-electron chi connectivity index (χ1n) is 14.8. The van der Waals surface area contributed by atoms with Gasteiger partial charge in [-0.25, -0.2) is 10.4 Å². The number of aliphatic imine (C=N–C) groups is 1. The number of carbonyl (C=O) groups excluding carboxylic acids is 1. The topological polar surface area (TPSA) is 92.2 Å². The van der Waals surface area contributed by atoms with Crippen molar-refractivity contribution in [2.75, 3.05) is 19.8 Å². The Morgan fingerprint density at radius 3 is 2.42 bits per heavy atom. The molecule has 4 aromatic carbocycles. The Morgan fingerprint density at radius 1 is 0.978 bits per heavy atom. The van der Waals surface area contributed by atoms with Crippen LogP contribution in [0.15, 0.2) is 114 Å². The molecule has 0 saturated heterocycles. The van der Waals surface area contributed by atoms with Crippen molar-refractivity contribution in [3.8, 4) is 5.75 Å². The van der Waals surface area contributed by atoms with Crippen molar-refractivity contribution in [3.05, 3.63) is 142 Å². The van der Waals surface area contributed by atoms with E-state index in [1.54, 1.807) is 12.1 Å². The summed E-state index contributed by atoms with van der Waals surface area (Å²) in [7, 11) is 0. The van der Waals surface area contributed by atoms with E-state index in [-0.39, 0.29) is 18.9 Å². The minimum absolute atomic E-state index is 0.0657. The normalized spacial score (nSPS) is 17.6. The highest BCUT2D eigenvalue weighted by atomic mass is 35.5. The number of carbonyl (C=O) groups is 1. The van der Waals surface area contributed by atoms with Gasteiger partial charge >= 0.3 is 0 Å². The second-order valence-electron chi connectivity index (χ2n) is 10.6. The summed E-state index contributed by atoms with van der Waals surface area (Å²) in [5.41, 5.74) is 8.14. The number of benzene rings is 4. The first-order valence-corrected chi connectivity index (χ1v) is 15.6. The van der Waals surface area contributed by atoms with E-state index in [9.17, 15) is 4.79 Å². The van der Waals surface area contributed by atoms with Crippen LogP contribution in [0.5, 0.6) is 5.75 Å². The molecule has 0 spiro atoms. The molecule has 0 aliphatic carbocycles. The summed E-state index contributed by atoms with van der Waals surface area (Å²) in [4.78, 5) is 19.2. The minimum atomic E-state index is -1.32. The van der Waals surface area contributed by atoms with Crippen LogP contribution in [0.3, 0.4) is 0 Å². The summed E-state index contributed by atoms with van der Waals surface area (Å²) in [6.45, 7) is 0.919. The second-order valence-corrected chi connectivity index (χ2v) is 11.4. The summed E-state index contributed by atoms with van der Waals surface area (Å²) >= 11 is 12.4. The lowest BCUT2D eigenvalue weighted by molar-refractivity contribution is -0.129. The highest BCUT2D eigenvalue weighted by molar-refractivity contribution is 6.35. The van der Waals surface area contributed by atoms with Gasteiger partial charge in [0.2, 0.25) is 5.90 Å². The fourth-order valence-corrected chi connectivity index (χ4v) is 5.56. The number of nitrogens with one attached hydrogen (secondary N) is 2. The molecule has 1 aliphatic rings. The lowest BCUT2D eigenvalue weighted by Crippen LogP contribution is -2.52. The molecule has 0 saturated carbocycles. The molecule has 0 radical (unpaired) electrons. The van der Waals surface area contributed by atoms with E-state index in [0.717, 1.165) is 22.3 Å². The largest absolute Gasteiger partial charge is 0.494 e. The van der Waals surface area contributed by atoms with Gasteiger partial charge in [0.25, 0.3) is 5.91 Å². The summed E-state index contributed by atoms with van der Waals surface area (Å²) in [6.07, 6.45) is 4.67. The predicted molar refractivity (Wildman–Crippen MR) is 180 cm³/mol. The van der Waals surface area contributed by atoms with Crippen molar-refractivity contribution in [3.63, 3.8) is 0 Å². The lowest BCUT2D eigenvalue weighted by atomic mass is 9.84. The number of hydrogen-bond donors (Lipinski definition) is 3. The van der Waals surface area contributed by atoms with E-state index in [2.05, 4.69) is 10.9 Å². The SMILES string of the molecule is O=C(NNCCc1ccc(Cl)cc1Cl)[C@@]1(C/C=C/c2ccccc2)N=C(c2ccc(OCCCO)cc2)O[C@H]1c1ccccc1. The molecule has 232 valence electrons. The number of hydrazine groups is 1. The molecule has 0 bridgehead atoms. The third-order valence-electron chi connectivity index (χ3n) is 7.41. The van der Waals surface area contributed by atoms with Gasteiger partial charge in [-0.1, -0.05) is 102 Å². The Balaban J connectivity index is 1.43. The first kappa shape index (κ1) is 32.3. The van der Waals surface area contributed by atoms with Crippen LogP contribution in [-0.2, 0) is 16.0 Å². The monoisotopic (exact) mass is 643 g/mol. The van der Waals surface area contributed by atoms with Gasteiger partial charge in [0.1, 0.15) is 5.75 Å². The highest BCUT2D eigenvalue weighted by Gasteiger charge is 2.52. The number of hydrogen-bond acceptors (Lipinski definition) is 6. The Labute approximate surface area is 273 Å². The van der Waals surface area contributed by atoms with Gasteiger partial charge in [0, 0.05) is 41.6 Å². The van der Waals surface area contributed by atoms with E-state index >= 15 is 0 Å². The number of nitrogens with zero attached hydrogens (tertiary/aromatic N) is 1. The smallest absolute Gasteiger partial charge is 0.266 e. The van der Waals surface area contributed by atoms with Crippen LogP contribution in [0.2, 0.25) is 10.0 Å². The molecular formula is C36H35Cl2N3O4. The number of aliphatic hydroxyl groups is 1. The average Bonchev–Trinajstić information content (AvgIpc) is 3.46. The van der Waals surface area contributed by atoms with Crippen molar-refractivity contribution < 1.29 is 19.4 Å². The van der Waals surface area contributed by atoms with Crippen LogP contribution in [0.1, 0.15) is 41.2 Å². The van der Waals surface area contributed by atoms with Gasteiger partial charge in [-0.3, -0.25) is 10.2 Å². The third-order valence-corrected chi connectivity index (χ3v) is 7.99. The van der Waals surface area contributed by atoms with Crippen molar-refractivity contribution in [1.29, 1.82) is 0 Å². The van der Waals surface area contributed by atoms with Gasteiger partial charge in [-0.05, 0) is 59.5 Å². The third kappa shape index (κ3) is 8.32. The van der Waals surface area contributed by atoms with Gasteiger partial charge in [-0.15, -0.1) is 0 Å². The van der Waals surface area contributed by atoms with Gasteiger partial charge in [0.15, 0.2) is 11.6 Å². The number of halogens is 2. The van der Waals surface area contributed by atoms with Gasteiger partial charge < -0.3 is 14.6 Å². The summed E-state index contributed by atoms with van der Waals surface area (Å²) < 4.78 is 12.2. The molecule has 1 aliphatic heterocycles. The van der Waals surface area contributed by atoms with Gasteiger partial charge in [0.05, 0.1) is 6.61 Å². The van der Waals surface area contributed by atoms with E-state index in [1.165, 1.54) is 0 Å². The zero-order valence-electron chi connectivity index (χ0n) is 24.7. The molecule has 5 rings (SSSR count). The maximum absolute atomic E-state index is 14.2. The number of rotatable bonds is 14. The lowest BCUT2D eigenvalue weighted by Gasteiger charge is -2.29. The van der Waals surface area contributed by atoms with Crippen LogP contribution >= 0.6 is 23.2 Å². The van der Waals surface area contributed by atoms with Crippen molar-refractivity contribution in [2.45, 2.75) is 30.9 Å². The van der Waals surface area contributed by atoms with Crippen LogP contribution in [0, 0.1) is 0 Å². The molecule has 0 aromatic heterocycles. The fraction of sp³-hybridized carbons (Fsp3) is 0.222. The van der Waals surface area contributed by atoms with E-state index in [4.69, 9.17) is 42.8 Å². The van der Waals surface area contributed by atoms with Crippen LogP contribution in [-0.4, -0.2) is 42.2 Å². The number of amides is 1. The van der Waals surface area contributed by atoms with Gasteiger partial charge in [-0.2, -0.15) is 0 Å². The standard InChI is InChI=1S/C36H35Cl2N3O4/c37-30-17-14-27(32(38)25-30)20-22-39-41-35(43)36(21-7-11-26-9-3-1-4-10-26)33(28-12-5-2-6-13-28)45-34(40-36)29-15-18-31(19-16-29)44-24-8-23-42/h1-7,9-19,25,33,39,42H,8,20-24H2,(H,41,43)/b11-7+/t33-,36-/m0/s1. The molecule has 9 heteroatoms. The molecule has 0 fully saturated rings. The fourth-order valence-electron chi connectivity index (χ4n) is 5.05. The summed E-state index contributed by atoms with van der Waals surface area (Å²) in [5.74, 6) is 0.711. The van der Waals surface area contributed by atoms with E-state index in [1.807, 2.05) is 103 Å². The Bertz CT molecular complexity index is 1610. The number of ether oxygens (including phenoxy) is 2. The maximum atomic E-state index is 14.2. The minimum Gasteiger partial charge on any atom is -0.494 e. The zero-order valence-corrected chi connectivity index (χ0v) is 26.2. The molecule has 7 nitrogen and oxygen atoms in total. The van der Waals surface area contributed by atoms with Crippen LogP contribution < -0.4 is 15.6 Å². The Morgan fingerprint density at radius 2 is 1.71 bits per heavy atom. The summed E-state index contributed by atoms with van der Waals surface area (Å²) in [6, 6.07) is 32.3. The van der Waals surface area contributed by atoms with Crippen molar-refractivity contribution in [1.82, 2.24) is 10.9 Å². The number of aliphatic hydroxyl groups excluding tert-OH is 1. The zero-order chi connectivity index (χ0) is 31.5. The maximum Gasteiger partial charge on any atom is 0.266 e. The molecule has 2 atom stereocenters. The van der Waals surface area contributed by atoms with Crippen LogP contribution in [0.25, 0.3) is 6.08 Å². The van der Waals surface area contributed by atoms with Crippen LogP contribution in [0.4, 0.5) is 0 Å². The Kier molecular flexibility index (Phi) is 11.3. The van der Waals surface area contributed by atoms with Crippen molar-refractivity contribution in [2.24, 2.45) is 4.99 Å². The second kappa shape index (κ2) is 15.7. The predicted octanol–water partition coefficient (Wildman–Crippen LogP) is 6.98. The molecule has 45 heavy (non-hydrogen) atoms. The quantitative estimate of drug-likeness (QED) is 0.102. The van der Waals surface area contributed by atoms with E-state index in [0.29, 0.717) is 47.7 Å². The van der Waals surface area contributed by atoms with E-state index < -0.39 is 11.6 Å². The Hall–Kier alpha value is -4.14. The van der Waals surface area contributed by atoms with Crippen molar-refractivity contribution >= 4 is 41.1 Å². The first-order chi connectivity index (χ1) is 22.0. The average molecular weight is 645 g/mol. The molecular weight excluding hydrogens is 609 g/mol. The molecule has 1 heterocycles. The molecule has 0 unspecified atom stereocenters. The molecule has 3 N–H and O–H groups in total. The highest BCUT2D eigenvalue weighted by Crippen LogP contribution is 2.43.